The summed E-state index contributed by atoms with van der Waals surface area (Å²) in [5.41, 5.74) is 1.11. The zero-order valence-electron chi connectivity index (χ0n) is 14.9. The lowest BCUT2D eigenvalue weighted by Crippen LogP contribution is -2.42. The number of carbonyl (C=O) groups excluding carboxylic acids is 1. The molecule has 3 heterocycles. The molecular weight excluding hydrogens is 362 g/mol. The predicted octanol–water partition coefficient (Wildman–Crippen LogP) is 3.72. The Hall–Kier alpha value is -2.51. The number of ether oxygens (including phenoxy) is 1. The smallest absolute Gasteiger partial charge is 0.226 e. The van der Waals surface area contributed by atoms with Crippen molar-refractivity contribution < 1.29 is 14.1 Å². The molecule has 0 saturated carbocycles. The van der Waals surface area contributed by atoms with Gasteiger partial charge in [0.25, 0.3) is 0 Å². The fraction of sp³-hybridized carbons (Fsp3) is 0.350. The zero-order valence-corrected chi connectivity index (χ0v) is 15.7. The summed E-state index contributed by atoms with van der Waals surface area (Å²) in [6.45, 7) is 1.82. The molecule has 7 heteroatoms. The second-order valence-corrected chi connectivity index (χ2v) is 7.40. The van der Waals surface area contributed by atoms with Crippen molar-refractivity contribution in [2.45, 2.75) is 25.4 Å². The first-order valence-corrected chi connectivity index (χ1v) is 9.98. The van der Waals surface area contributed by atoms with E-state index in [0.29, 0.717) is 50.7 Å². The standard InChI is InChI=1S/C20H21N3O3S/c24-19(23-11-12-25-16(14-23)15-6-2-1-3-7-15)10-4-9-18-21-20(22-26-18)17-8-5-13-27-17/h1-3,5-8,13,16H,4,9-12,14H2/t16-/m1/s1. The molecule has 1 aliphatic heterocycles. The molecule has 1 fully saturated rings. The Morgan fingerprint density at radius 3 is 2.93 bits per heavy atom. The van der Waals surface area contributed by atoms with Crippen LogP contribution in [0.4, 0.5) is 0 Å². The maximum absolute atomic E-state index is 12.6. The minimum Gasteiger partial charge on any atom is -0.370 e. The summed E-state index contributed by atoms with van der Waals surface area (Å²) in [4.78, 5) is 19.8. The van der Waals surface area contributed by atoms with E-state index in [4.69, 9.17) is 9.26 Å². The SMILES string of the molecule is O=C(CCCc1nc(-c2cccs2)no1)N1CCO[C@@H](c2ccccc2)C1. The van der Waals surface area contributed by atoms with E-state index in [1.165, 1.54) is 0 Å². The van der Waals surface area contributed by atoms with Crippen LogP contribution in [0.2, 0.25) is 0 Å². The Balaban J connectivity index is 1.27. The molecule has 27 heavy (non-hydrogen) atoms. The molecule has 1 saturated heterocycles. The van der Waals surface area contributed by atoms with Crippen LogP contribution in [0.3, 0.4) is 0 Å². The van der Waals surface area contributed by atoms with E-state index in [9.17, 15) is 4.79 Å². The number of thiophene rings is 1. The first-order chi connectivity index (χ1) is 13.3. The lowest BCUT2D eigenvalue weighted by atomic mass is 10.1. The monoisotopic (exact) mass is 383 g/mol. The first-order valence-electron chi connectivity index (χ1n) is 9.10. The second kappa shape index (κ2) is 8.45. The number of hydrogen-bond acceptors (Lipinski definition) is 6. The van der Waals surface area contributed by atoms with E-state index < -0.39 is 0 Å². The van der Waals surface area contributed by atoms with Gasteiger partial charge in [-0.3, -0.25) is 4.79 Å². The van der Waals surface area contributed by atoms with Crippen molar-refractivity contribution in [3.8, 4) is 10.7 Å². The van der Waals surface area contributed by atoms with Gasteiger partial charge in [0, 0.05) is 19.4 Å². The van der Waals surface area contributed by atoms with Gasteiger partial charge in [0.1, 0.15) is 6.10 Å². The lowest BCUT2D eigenvalue weighted by Gasteiger charge is -2.33. The van der Waals surface area contributed by atoms with Gasteiger partial charge < -0.3 is 14.2 Å². The summed E-state index contributed by atoms with van der Waals surface area (Å²) < 4.78 is 11.1. The van der Waals surface area contributed by atoms with Crippen LogP contribution in [0.15, 0.2) is 52.4 Å². The number of morpholine rings is 1. The van der Waals surface area contributed by atoms with E-state index in [-0.39, 0.29) is 12.0 Å². The maximum Gasteiger partial charge on any atom is 0.226 e. The molecule has 140 valence electrons. The highest BCUT2D eigenvalue weighted by atomic mass is 32.1. The van der Waals surface area contributed by atoms with Crippen molar-refractivity contribution in [1.29, 1.82) is 0 Å². The molecule has 0 spiro atoms. The lowest BCUT2D eigenvalue weighted by molar-refractivity contribution is -0.139. The Morgan fingerprint density at radius 2 is 2.11 bits per heavy atom. The van der Waals surface area contributed by atoms with Gasteiger partial charge in [0.05, 0.1) is 18.0 Å². The molecule has 0 unspecified atom stereocenters. The van der Waals surface area contributed by atoms with Crippen LogP contribution in [-0.4, -0.2) is 40.6 Å². The highest BCUT2D eigenvalue weighted by molar-refractivity contribution is 7.13. The van der Waals surface area contributed by atoms with Crippen LogP contribution in [0.1, 0.15) is 30.4 Å². The summed E-state index contributed by atoms with van der Waals surface area (Å²) >= 11 is 1.58. The number of amides is 1. The number of carbonyl (C=O) groups is 1. The number of rotatable bonds is 6. The number of hydrogen-bond donors (Lipinski definition) is 0. The Labute approximate surface area is 161 Å². The van der Waals surface area contributed by atoms with E-state index in [0.717, 1.165) is 10.4 Å². The zero-order chi connectivity index (χ0) is 18.5. The van der Waals surface area contributed by atoms with Crippen LogP contribution >= 0.6 is 11.3 Å². The summed E-state index contributed by atoms with van der Waals surface area (Å²) in [6, 6.07) is 14.0. The summed E-state index contributed by atoms with van der Waals surface area (Å²) in [5, 5.41) is 5.98. The van der Waals surface area contributed by atoms with Crippen molar-refractivity contribution in [1.82, 2.24) is 15.0 Å². The Bertz CT molecular complexity index is 864. The van der Waals surface area contributed by atoms with Crippen LogP contribution < -0.4 is 0 Å². The summed E-state index contributed by atoms with van der Waals surface area (Å²) in [6.07, 6.45) is 1.72. The van der Waals surface area contributed by atoms with Crippen molar-refractivity contribution >= 4 is 17.2 Å². The molecule has 2 aromatic heterocycles. The second-order valence-electron chi connectivity index (χ2n) is 6.45. The predicted molar refractivity (Wildman–Crippen MR) is 102 cm³/mol. The normalized spacial score (nSPS) is 17.2. The topological polar surface area (TPSA) is 68.5 Å². The number of nitrogens with zero attached hydrogens (tertiary/aromatic N) is 3. The largest absolute Gasteiger partial charge is 0.370 e. The molecule has 0 radical (unpaired) electrons. The molecule has 4 rings (SSSR count). The molecule has 0 N–H and O–H groups in total. The van der Waals surface area contributed by atoms with Gasteiger partial charge in [-0.15, -0.1) is 11.3 Å². The summed E-state index contributed by atoms with van der Waals surface area (Å²) in [7, 11) is 0. The number of benzene rings is 1. The van der Waals surface area contributed by atoms with Crippen LogP contribution in [0.25, 0.3) is 10.7 Å². The average Bonchev–Trinajstić information content (AvgIpc) is 3.40. The van der Waals surface area contributed by atoms with Crippen molar-refractivity contribution in [2.75, 3.05) is 19.7 Å². The third-order valence-corrected chi connectivity index (χ3v) is 5.45. The van der Waals surface area contributed by atoms with E-state index in [1.54, 1.807) is 11.3 Å². The van der Waals surface area contributed by atoms with Gasteiger partial charge in [-0.2, -0.15) is 4.98 Å². The molecule has 3 aromatic rings. The maximum atomic E-state index is 12.6. The highest BCUT2D eigenvalue weighted by Gasteiger charge is 2.25. The Kier molecular flexibility index (Phi) is 5.60. The van der Waals surface area contributed by atoms with E-state index >= 15 is 0 Å². The van der Waals surface area contributed by atoms with Gasteiger partial charge in [0.15, 0.2) is 0 Å². The molecule has 6 nitrogen and oxygen atoms in total. The molecule has 1 amide bonds. The summed E-state index contributed by atoms with van der Waals surface area (Å²) in [5.74, 6) is 1.35. The molecule has 1 atom stereocenters. The fourth-order valence-corrected chi connectivity index (χ4v) is 3.81. The molecule has 1 aromatic carbocycles. The van der Waals surface area contributed by atoms with Gasteiger partial charge in [0.2, 0.25) is 17.6 Å². The number of aryl methyl sites for hydroxylation is 1. The molecule has 1 aliphatic rings. The number of aromatic nitrogens is 2. The third kappa shape index (κ3) is 4.43. The fourth-order valence-electron chi connectivity index (χ4n) is 3.16. The van der Waals surface area contributed by atoms with Crippen LogP contribution in [0.5, 0.6) is 0 Å². The van der Waals surface area contributed by atoms with Gasteiger partial charge in [-0.05, 0) is 23.4 Å². The minimum atomic E-state index is -0.0480. The van der Waals surface area contributed by atoms with Crippen LogP contribution in [-0.2, 0) is 16.0 Å². The van der Waals surface area contributed by atoms with E-state index in [2.05, 4.69) is 10.1 Å². The average molecular weight is 383 g/mol. The first kappa shape index (κ1) is 17.9. The van der Waals surface area contributed by atoms with E-state index in [1.807, 2.05) is 52.7 Å². The van der Waals surface area contributed by atoms with Crippen molar-refractivity contribution in [3.63, 3.8) is 0 Å². The van der Waals surface area contributed by atoms with Crippen molar-refractivity contribution in [3.05, 3.63) is 59.3 Å². The molecule has 0 aliphatic carbocycles. The van der Waals surface area contributed by atoms with Crippen LogP contribution in [0, 0.1) is 0 Å². The van der Waals surface area contributed by atoms with Gasteiger partial charge in [-0.1, -0.05) is 41.6 Å². The van der Waals surface area contributed by atoms with Gasteiger partial charge in [-0.25, -0.2) is 0 Å². The van der Waals surface area contributed by atoms with Crippen molar-refractivity contribution in [2.24, 2.45) is 0 Å². The van der Waals surface area contributed by atoms with Gasteiger partial charge >= 0.3 is 0 Å². The quantitative estimate of drug-likeness (QED) is 0.649. The molecule has 0 bridgehead atoms. The molecular formula is C20H21N3O3S. The minimum absolute atomic E-state index is 0.0480. The Morgan fingerprint density at radius 1 is 1.22 bits per heavy atom. The highest BCUT2D eigenvalue weighted by Crippen LogP contribution is 2.23. The third-order valence-electron chi connectivity index (χ3n) is 4.58.